The highest BCUT2D eigenvalue weighted by Crippen LogP contribution is 2.33. The van der Waals surface area contributed by atoms with Crippen LogP contribution in [0.25, 0.3) is 0 Å². The first-order valence-electron chi connectivity index (χ1n) is 6.55. The summed E-state index contributed by atoms with van der Waals surface area (Å²) in [6.07, 6.45) is 3.70. The summed E-state index contributed by atoms with van der Waals surface area (Å²) in [5.74, 6) is 0.413. The lowest BCUT2D eigenvalue weighted by Gasteiger charge is -2.26. The van der Waals surface area contributed by atoms with E-state index in [0.29, 0.717) is 12.2 Å². The van der Waals surface area contributed by atoms with Crippen molar-refractivity contribution in [2.24, 2.45) is 5.41 Å². The van der Waals surface area contributed by atoms with Crippen LogP contribution in [0.1, 0.15) is 31.7 Å². The maximum absolute atomic E-state index is 12.5. The van der Waals surface area contributed by atoms with Gasteiger partial charge in [0.15, 0.2) is 0 Å². The lowest BCUT2D eigenvalue weighted by Crippen LogP contribution is -2.34. The lowest BCUT2D eigenvalue weighted by atomic mass is 9.76. The van der Waals surface area contributed by atoms with Gasteiger partial charge in [-0.3, -0.25) is 4.79 Å². The van der Waals surface area contributed by atoms with Gasteiger partial charge >= 0.3 is 0 Å². The Morgan fingerprint density at radius 3 is 2.71 bits per heavy atom. The molecule has 1 fully saturated rings. The molecule has 1 aromatic rings. The smallest absolute Gasteiger partial charge is 0.144 e. The van der Waals surface area contributed by atoms with E-state index in [1.165, 1.54) is 0 Å². The minimum atomic E-state index is -0.0927. The summed E-state index contributed by atoms with van der Waals surface area (Å²) >= 11 is 0. The van der Waals surface area contributed by atoms with E-state index < -0.39 is 0 Å². The zero-order valence-electron chi connectivity index (χ0n) is 10.5. The molecule has 1 aliphatic rings. The summed E-state index contributed by atoms with van der Waals surface area (Å²) in [4.78, 5) is 12.5. The summed E-state index contributed by atoms with van der Waals surface area (Å²) in [6.45, 7) is 4.02. The largest absolute Gasteiger partial charge is 0.316 e. The van der Waals surface area contributed by atoms with Gasteiger partial charge in [0.25, 0.3) is 0 Å². The molecule has 2 rings (SSSR count). The highest BCUT2D eigenvalue weighted by molar-refractivity contribution is 5.87. The second-order valence-electron chi connectivity index (χ2n) is 5.04. The molecule has 0 amide bonds. The fourth-order valence-corrected chi connectivity index (χ4v) is 2.78. The van der Waals surface area contributed by atoms with Crippen molar-refractivity contribution < 1.29 is 4.79 Å². The summed E-state index contributed by atoms with van der Waals surface area (Å²) in [6, 6.07) is 10.1. The van der Waals surface area contributed by atoms with Crippen LogP contribution in [0.15, 0.2) is 30.3 Å². The predicted octanol–water partition coefficient (Wildman–Crippen LogP) is 2.58. The van der Waals surface area contributed by atoms with Gasteiger partial charge in [-0.15, -0.1) is 0 Å². The zero-order valence-corrected chi connectivity index (χ0v) is 10.5. The Labute approximate surface area is 103 Å². The fourth-order valence-electron chi connectivity index (χ4n) is 2.78. The monoisotopic (exact) mass is 231 g/mol. The molecule has 1 saturated heterocycles. The number of ketones is 1. The van der Waals surface area contributed by atoms with E-state index in [1.54, 1.807) is 0 Å². The zero-order chi connectivity index (χ0) is 12.1. The maximum Gasteiger partial charge on any atom is 0.144 e. The standard InChI is InChI=1S/C15H21NO/c1-2-8-15(9-10-16-12-15)14(17)11-13-6-4-3-5-7-13/h3-7,16H,2,8-12H2,1H3. The lowest BCUT2D eigenvalue weighted by molar-refractivity contribution is -0.127. The number of hydrogen-bond acceptors (Lipinski definition) is 2. The number of nitrogens with one attached hydrogen (secondary N) is 1. The van der Waals surface area contributed by atoms with E-state index in [0.717, 1.165) is 37.9 Å². The summed E-state index contributed by atoms with van der Waals surface area (Å²) < 4.78 is 0. The molecule has 0 spiro atoms. The molecule has 0 aliphatic carbocycles. The van der Waals surface area contributed by atoms with Gasteiger partial charge in [0.1, 0.15) is 5.78 Å². The molecule has 0 bridgehead atoms. The Balaban J connectivity index is 2.07. The van der Waals surface area contributed by atoms with Crippen molar-refractivity contribution in [2.75, 3.05) is 13.1 Å². The van der Waals surface area contributed by atoms with Crippen LogP contribution in [0.2, 0.25) is 0 Å². The molecule has 1 heterocycles. The van der Waals surface area contributed by atoms with Gasteiger partial charge in [0, 0.05) is 18.4 Å². The first-order chi connectivity index (χ1) is 8.27. The third-order valence-electron chi connectivity index (χ3n) is 3.77. The predicted molar refractivity (Wildman–Crippen MR) is 70.0 cm³/mol. The Hall–Kier alpha value is -1.15. The molecule has 1 aliphatic heterocycles. The maximum atomic E-state index is 12.5. The third kappa shape index (κ3) is 2.75. The van der Waals surface area contributed by atoms with Gasteiger partial charge < -0.3 is 5.32 Å². The molecule has 1 unspecified atom stereocenters. The summed E-state index contributed by atoms with van der Waals surface area (Å²) in [7, 11) is 0. The molecule has 0 saturated carbocycles. The third-order valence-corrected chi connectivity index (χ3v) is 3.77. The van der Waals surface area contributed by atoms with Crippen molar-refractivity contribution in [1.82, 2.24) is 5.32 Å². The van der Waals surface area contributed by atoms with Crippen molar-refractivity contribution in [3.63, 3.8) is 0 Å². The van der Waals surface area contributed by atoms with Gasteiger partial charge in [-0.1, -0.05) is 43.7 Å². The summed E-state index contributed by atoms with van der Waals surface area (Å²) in [5.41, 5.74) is 1.05. The minimum Gasteiger partial charge on any atom is -0.316 e. The van der Waals surface area contributed by atoms with Crippen LogP contribution in [0.5, 0.6) is 0 Å². The topological polar surface area (TPSA) is 29.1 Å². The quantitative estimate of drug-likeness (QED) is 0.844. The first-order valence-corrected chi connectivity index (χ1v) is 6.55. The Morgan fingerprint density at radius 2 is 2.12 bits per heavy atom. The molecule has 0 radical (unpaired) electrons. The van der Waals surface area contributed by atoms with Crippen LogP contribution < -0.4 is 5.32 Å². The molecule has 1 atom stereocenters. The number of hydrogen-bond donors (Lipinski definition) is 1. The molecular weight excluding hydrogens is 210 g/mol. The molecular formula is C15H21NO. The van der Waals surface area contributed by atoms with Crippen LogP contribution in [-0.4, -0.2) is 18.9 Å². The van der Waals surface area contributed by atoms with Crippen LogP contribution >= 0.6 is 0 Å². The molecule has 0 aromatic heterocycles. The average molecular weight is 231 g/mol. The molecule has 17 heavy (non-hydrogen) atoms. The van der Waals surface area contributed by atoms with E-state index in [-0.39, 0.29) is 5.41 Å². The average Bonchev–Trinajstić information content (AvgIpc) is 2.81. The van der Waals surface area contributed by atoms with E-state index >= 15 is 0 Å². The SMILES string of the molecule is CCCC1(C(=O)Cc2ccccc2)CCNC1. The van der Waals surface area contributed by atoms with Crippen LogP contribution in [0.3, 0.4) is 0 Å². The number of carbonyl (C=O) groups excluding carboxylic acids is 1. The van der Waals surface area contributed by atoms with Crippen LogP contribution in [0, 0.1) is 5.41 Å². The first kappa shape index (κ1) is 12.3. The number of Topliss-reactive ketones (excluding diaryl/α,β-unsaturated/α-hetero) is 1. The van der Waals surface area contributed by atoms with Crippen molar-refractivity contribution in [3.05, 3.63) is 35.9 Å². The summed E-state index contributed by atoms with van der Waals surface area (Å²) in [5, 5.41) is 3.34. The highest BCUT2D eigenvalue weighted by Gasteiger charge is 2.39. The second kappa shape index (κ2) is 5.46. The van der Waals surface area contributed by atoms with Crippen molar-refractivity contribution in [2.45, 2.75) is 32.6 Å². The van der Waals surface area contributed by atoms with Gasteiger partial charge in [-0.05, 0) is 24.9 Å². The van der Waals surface area contributed by atoms with E-state index in [9.17, 15) is 4.79 Å². The van der Waals surface area contributed by atoms with E-state index in [4.69, 9.17) is 0 Å². The number of benzene rings is 1. The van der Waals surface area contributed by atoms with Crippen LogP contribution in [0.4, 0.5) is 0 Å². The minimum absolute atomic E-state index is 0.0927. The molecule has 92 valence electrons. The highest BCUT2D eigenvalue weighted by atomic mass is 16.1. The van der Waals surface area contributed by atoms with Crippen molar-refractivity contribution in [1.29, 1.82) is 0 Å². The van der Waals surface area contributed by atoms with E-state index in [1.807, 2.05) is 30.3 Å². The van der Waals surface area contributed by atoms with Gasteiger partial charge in [-0.2, -0.15) is 0 Å². The van der Waals surface area contributed by atoms with Gasteiger partial charge in [0.05, 0.1) is 0 Å². The molecule has 1 aromatic carbocycles. The molecule has 2 nitrogen and oxygen atoms in total. The fraction of sp³-hybridized carbons (Fsp3) is 0.533. The van der Waals surface area contributed by atoms with Crippen LogP contribution in [-0.2, 0) is 11.2 Å². The van der Waals surface area contributed by atoms with Gasteiger partial charge in [0.2, 0.25) is 0 Å². The molecule has 1 N–H and O–H groups in total. The second-order valence-corrected chi connectivity index (χ2v) is 5.04. The van der Waals surface area contributed by atoms with E-state index in [2.05, 4.69) is 12.2 Å². The molecule has 2 heteroatoms. The number of rotatable bonds is 5. The van der Waals surface area contributed by atoms with Crippen molar-refractivity contribution in [3.8, 4) is 0 Å². The van der Waals surface area contributed by atoms with Gasteiger partial charge in [-0.25, -0.2) is 0 Å². The number of carbonyl (C=O) groups is 1. The van der Waals surface area contributed by atoms with Crippen molar-refractivity contribution >= 4 is 5.78 Å². The Morgan fingerprint density at radius 1 is 1.35 bits per heavy atom. The Kier molecular flexibility index (Phi) is 3.95. The Bertz CT molecular complexity index is 366. The normalized spacial score (nSPS) is 23.8.